The van der Waals surface area contributed by atoms with Crippen LogP contribution >= 0.6 is 23.1 Å². The minimum atomic E-state index is -0.287. The fraction of sp³-hybridized carbons (Fsp3) is 0.0870. The molecule has 2 aromatic heterocycles. The zero-order chi connectivity index (χ0) is 21.9. The minimum absolute atomic E-state index is 0.287. The Balaban J connectivity index is 1.39. The zero-order valence-electron chi connectivity index (χ0n) is 17.0. The molecule has 0 atom stereocenters. The van der Waals surface area contributed by atoms with Gasteiger partial charge in [0.2, 0.25) is 5.13 Å². The molecule has 160 valence electrons. The second-order valence-corrected chi connectivity index (χ2v) is 9.02. The number of imidazole rings is 1. The Morgan fingerprint density at radius 2 is 1.84 bits per heavy atom. The molecular weight excluding hydrogens is 445 g/mol. The van der Waals surface area contributed by atoms with Gasteiger partial charge < -0.3 is 10.1 Å². The maximum Gasteiger partial charge on any atom is 0.210 e. The van der Waals surface area contributed by atoms with Crippen LogP contribution < -0.4 is 10.1 Å². The third kappa shape index (κ3) is 4.17. The summed E-state index contributed by atoms with van der Waals surface area (Å²) in [5.41, 5.74) is 3.26. The first-order chi connectivity index (χ1) is 15.7. The van der Waals surface area contributed by atoms with Crippen LogP contribution in [0.5, 0.6) is 5.75 Å². The lowest BCUT2D eigenvalue weighted by molar-refractivity contribution is 0.417. The van der Waals surface area contributed by atoms with Crippen LogP contribution in [0, 0.1) is 5.82 Å². The van der Waals surface area contributed by atoms with E-state index in [2.05, 4.69) is 15.5 Å². The molecule has 6 nitrogen and oxygen atoms in total. The van der Waals surface area contributed by atoms with Crippen LogP contribution in [-0.2, 0) is 5.75 Å². The van der Waals surface area contributed by atoms with Gasteiger partial charge in [0.25, 0.3) is 0 Å². The average molecular weight is 464 g/mol. The van der Waals surface area contributed by atoms with Crippen molar-refractivity contribution in [2.45, 2.75) is 10.1 Å². The van der Waals surface area contributed by atoms with E-state index in [0.717, 1.165) is 38.3 Å². The van der Waals surface area contributed by atoms with Crippen molar-refractivity contribution in [2.75, 3.05) is 12.4 Å². The van der Waals surface area contributed by atoms with Crippen LogP contribution in [0.1, 0.15) is 5.82 Å². The molecule has 0 saturated carbocycles. The second kappa shape index (κ2) is 8.97. The number of nitrogens with one attached hydrogen (secondary N) is 1. The van der Waals surface area contributed by atoms with Crippen LogP contribution in [0.2, 0.25) is 0 Å². The predicted molar refractivity (Wildman–Crippen MR) is 127 cm³/mol. The number of aromatic nitrogens is 4. The molecule has 2 heterocycles. The minimum Gasteiger partial charge on any atom is -0.495 e. The lowest BCUT2D eigenvalue weighted by Gasteiger charge is -2.08. The van der Waals surface area contributed by atoms with E-state index in [1.54, 1.807) is 13.2 Å². The molecule has 32 heavy (non-hydrogen) atoms. The monoisotopic (exact) mass is 463 g/mol. The Kier molecular flexibility index (Phi) is 5.74. The molecule has 0 unspecified atom stereocenters. The van der Waals surface area contributed by atoms with Crippen LogP contribution in [-0.4, -0.2) is 26.9 Å². The second-order valence-electron chi connectivity index (χ2n) is 6.82. The molecule has 5 aromatic rings. The number of thioether (sulfide) groups is 1. The van der Waals surface area contributed by atoms with Crippen molar-refractivity contribution in [3.63, 3.8) is 0 Å². The van der Waals surface area contributed by atoms with Crippen molar-refractivity contribution in [3.8, 4) is 11.4 Å². The molecule has 0 aliphatic rings. The highest BCUT2D eigenvalue weighted by atomic mass is 32.2. The van der Waals surface area contributed by atoms with Gasteiger partial charge in [-0.15, -0.1) is 10.2 Å². The fourth-order valence-corrected chi connectivity index (χ4v) is 5.05. The smallest absolute Gasteiger partial charge is 0.210 e. The molecule has 0 radical (unpaired) electrons. The number of anilines is 2. The van der Waals surface area contributed by atoms with Crippen molar-refractivity contribution in [2.24, 2.45) is 0 Å². The molecule has 0 amide bonds. The third-order valence-corrected chi connectivity index (χ3v) is 6.75. The van der Waals surface area contributed by atoms with E-state index in [1.807, 2.05) is 59.2 Å². The van der Waals surface area contributed by atoms with Gasteiger partial charge in [-0.05, 0) is 36.4 Å². The van der Waals surface area contributed by atoms with Crippen molar-refractivity contribution in [1.29, 1.82) is 0 Å². The topological polar surface area (TPSA) is 64.9 Å². The Hall–Kier alpha value is -3.43. The molecule has 3 aromatic carbocycles. The molecule has 0 aliphatic carbocycles. The van der Waals surface area contributed by atoms with Crippen LogP contribution in [0.25, 0.3) is 16.7 Å². The summed E-state index contributed by atoms with van der Waals surface area (Å²) in [5, 5.41) is 12.5. The summed E-state index contributed by atoms with van der Waals surface area (Å²) in [7, 11) is 1.63. The van der Waals surface area contributed by atoms with E-state index >= 15 is 0 Å². The summed E-state index contributed by atoms with van der Waals surface area (Å²) >= 11 is 2.99. The van der Waals surface area contributed by atoms with Crippen LogP contribution in [0.3, 0.4) is 0 Å². The number of hydrogen-bond donors (Lipinski definition) is 1. The van der Waals surface area contributed by atoms with Crippen molar-refractivity contribution in [3.05, 3.63) is 84.4 Å². The SMILES string of the molecule is COc1ccccc1Nc1nnc(SCc2nc3ccc(F)cc3n2-c2ccccc2)s1. The van der Waals surface area contributed by atoms with Gasteiger partial charge in [0, 0.05) is 11.8 Å². The highest BCUT2D eigenvalue weighted by molar-refractivity contribution is 8.00. The molecule has 1 N–H and O–H groups in total. The maximum absolute atomic E-state index is 13.9. The molecule has 0 aliphatic heterocycles. The summed E-state index contributed by atoms with van der Waals surface area (Å²) in [5.74, 6) is 1.83. The maximum atomic E-state index is 13.9. The molecule has 5 rings (SSSR count). The van der Waals surface area contributed by atoms with Gasteiger partial charge in [0.1, 0.15) is 17.4 Å². The summed E-state index contributed by atoms with van der Waals surface area (Å²) in [6.45, 7) is 0. The highest BCUT2D eigenvalue weighted by Gasteiger charge is 2.15. The number of hydrogen-bond acceptors (Lipinski definition) is 7. The van der Waals surface area contributed by atoms with E-state index in [-0.39, 0.29) is 5.82 Å². The fourth-order valence-electron chi connectivity index (χ4n) is 3.37. The van der Waals surface area contributed by atoms with Crippen LogP contribution in [0.4, 0.5) is 15.2 Å². The van der Waals surface area contributed by atoms with Gasteiger partial charge >= 0.3 is 0 Å². The quantitative estimate of drug-likeness (QED) is 0.296. The average Bonchev–Trinajstić information content (AvgIpc) is 3.42. The number of rotatable bonds is 7. The zero-order valence-corrected chi connectivity index (χ0v) is 18.7. The van der Waals surface area contributed by atoms with Gasteiger partial charge in [0.05, 0.1) is 29.6 Å². The number of halogens is 1. The lowest BCUT2D eigenvalue weighted by Crippen LogP contribution is -2.00. The summed E-state index contributed by atoms with van der Waals surface area (Å²) in [4.78, 5) is 4.74. The molecule has 0 bridgehead atoms. The molecule has 0 fully saturated rings. The number of fused-ring (bicyclic) bond motifs is 1. The number of ether oxygens (including phenoxy) is 1. The van der Waals surface area contributed by atoms with E-state index in [0.29, 0.717) is 10.9 Å². The predicted octanol–water partition coefficient (Wildman–Crippen LogP) is 6.06. The van der Waals surface area contributed by atoms with Gasteiger partial charge in [-0.3, -0.25) is 4.57 Å². The standard InChI is InChI=1S/C23H18FN5OS2/c1-30-20-10-6-5-9-18(20)26-22-27-28-23(32-22)31-14-21-25-17-12-11-15(24)13-19(17)29(21)16-7-3-2-4-8-16/h2-13H,14H2,1H3,(H,26,27). The molecular formula is C23H18FN5OS2. The van der Waals surface area contributed by atoms with Crippen LogP contribution in [0.15, 0.2) is 77.1 Å². The Morgan fingerprint density at radius 1 is 1.03 bits per heavy atom. The first-order valence-corrected chi connectivity index (χ1v) is 11.6. The van der Waals surface area contributed by atoms with E-state index in [9.17, 15) is 4.39 Å². The van der Waals surface area contributed by atoms with Crippen molar-refractivity contribution >= 4 is 45.0 Å². The number of benzene rings is 3. The molecule has 9 heteroatoms. The van der Waals surface area contributed by atoms with Gasteiger partial charge in [-0.25, -0.2) is 9.37 Å². The van der Waals surface area contributed by atoms with Crippen molar-refractivity contribution in [1.82, 2.24) is 19.7 Å². The van der Waals surface area contributed by atoms with Gasteiger partial charge in [-0.2, -0.15) is 0 Å². The Bertz CT molecular complexity index is 1370. The largest absolute Gasteiger partial charge is 0.495 e. The van der Waals surface area contributed by atoms with Crippen molar-refractivity contribution < 1.29 is 9.13 Å². The van der Waals surface area contributed by atoms with E-state index in [1.165, 1.54) is 35.2 Å². The molecule has 0 spiro atoms. The van der Waals surface area contributed by atoms with Gasteiger partial charge in [-0.1, -0.05) is 53.4 Å². The number of nitrogens with zero attached hydrogens (tertiary/aromatic N) is 4. The first kappa shape index (κ1) is 20.5. The molecule has 0 saturated heterocycles. The number of methoxy groups -OCH3 is 1. The first-order valence-electron chi connectivity index (χ1n) is 9.80. The normalized spacial score (nSPS) is 11.1. The summed E-state index contributed by atoms with van der Waals surface area (Å²) < 4.78 is 22.1. The lowest BCUT2D eigenvalue weighted by atomic mass is 10.2. The number of para-hydroxylation sites is 3. The third-order valence-electron chi connectivity index (χ3n) is 4.78. The van der Waals surface area contributed by atoms with E-state index in [4.69, 9.17) is 9.72 Å². The summed E-state index contributed by atoms with van der Waals surface area (Å²) in [6.07, 6.45) is 0. The Labute approximate surface area is 192 Å². The highest BCUT2D eigenvalue weighted by Crippen LogP contribution is 2.33. The summed E-state index contributed by atoms with van der Waals surface area (Å²) in [6, 6.07) is 22.1. The van der Waals surface area contributed by atoms with Gasteiger partial charge in [0.15, 0.2) is 4.34 Å². The van der Waals surface area contributed by atoms with E-state index < -0.39 is 0 Å². The Morgan fingerprint density at radius 3 is 2.69 bits per heavy atom.